The molecule has 53 heavy (non-hydrogen) atoms. The van der Waals surface area contributed by atoms with E-state index in [0.717, 1.165) is 39.1 Å². The van der Waals surface area contributed by atoms with Crippen molar-refractivity contribution >= 4 is 59.9 Å². The van der Waals surface area contributed by atoms with E-state index in [2.05, 4.69) is 146 Å². The third-order valence-electron chi connectivity index (χ3n) is 9.77. The minimum absolute atomic E-state index is 0.218. The van der Waals surface area contributed by atoms with Gasteiger partial charge in [-0.05, 0) is 86.1 Å². The molecule has 8 aromatic carbocycles. The second-order valence-electron chi connectivity index (χ2n) is 13.1. The molecule has 1 heterocycles. The number of nitrogens with zero attached hydrogens (tertiary/aromatic N) is 1. The van der Waals surface area contributed by atoms with E-state index in [9.17, 15) is 0 Å². The fourth-order valence-electron chi connectivity index (χ4n) is 7.15. The van der Waals surface area contributed by atoms with Gasteiger partial charge in [-0.2, -0.15) is 0 Å². The van der Waals surface area contributed by atoms with Gasteiger partial charge in [0.1, 0.15) is 0 Å². The smallest absolute Gasteiger partial charge is 0.152 e. The Morgan fingerprint density at radius 2 is 1.09 bits per heavy atom. The molecule has 9 rings (SSSR count). The van der Waals surface area contributed by atoms with Crippen LogP contribution >= 0.6 is 11.3 Å². The molecule has 0 aliphatic carbocycles. The number of thiophene rings is 1. The molecule has 0 atom stereocenters. The third-order valence-corrected chi connectivity index (χ3v) is 10.9. The first kappa shape index (κ1) is 32.2. The fraction of sp³-hybridized carbons (Fsp3) is 0. The van der Waals surface area contributed by atoms with Crippen LogP contribution in [0.5, 0.6) is 0 Å². The van der Waals surface area contributed by atoms with Gasteiger partial charge in [-0.25, -0.2) is 4.99 Å². The Kier molecular flexibility index (Phi) is 8.61. The minimum Gasteiger partial charge on any atom is -0.282 e. The van der Waals surface area contributed by atoms with Crippen LogP contribution in [0.3, 0.4) is 0 Å². The maximum atomic E-state index is 9.05. The summed E-state index contributed by atoms with van der Waals surface area (Å²) in [6, 6.07) is 66.0. The standard InChI is InChI=1S/C50H34N2S/c51-50(38-16-5-2-6-17-38)52-46(30-25-34-13-3-1-4-14-34)41-32-39(35-26-28-37(29-27-35)43-21-11-18-36-15-7-8-19-42(36)43)31-40(33-41)44-22-12-24-48-49(44)45-20-9-10-23-47(45)53-48/h1-33,51H/b30-25+,51-50?,52-46?. The largest absolute Gasteiger partial charge is 0.282 e. The Labute approximate surface area is 313 Å². The third kappa shape index (κ3) is 6.51. The van der Waals surface area contributed by atoms with Crippen molar-refractivity contribution in [3.05, 3.63) is 211 Å². The summed E-state index contributed by atoms with van der Waals surface area (Å²) in [5.74, 6) is 0.218. The Morgan fingerprint density at radius 3 is 1.92 bits per heavy atom. The number of rotatable bonds is 7. The van der Waals surface area contributed by atoms with Crippen molar-refractivity contribution in [2.75, 3.05) is 0 Å². The number of hydrogen-bond acceptors (Lipinski definition) is 2. The van der Waals surface area contributed by atoms with Crippen molar-refractivity contribution < 1.29 is 0 Å². The van der Waals surface area contributed by atoms with Crippen LogP contribution in [0.1, 0.15) is 16.7 Å². The van der Waals surface area contributed by atoms with Crippen LogP contribution in [0.25, 0.3) is 70.4 Å². The second-order valence-corrected chi connectivity index (χ2v) is 14.2. The first-order chi connectivity index (χ1) is 26.2. The maximum Gasteiger partial charge on any atom is 0.152 e. The van der Waals surface area contributed by atoms with Crippen molar-refractivity contribution in [2.24, 2.45) is 4.99 Å². The van der Waals surface area contributed by atoms with E-state index in [-0.39, 0.29) is 5.84 Å². The summed E-state index contributed by atoms with van der Waals surface area (Å²) in [6.07, 6.45) is 4.12. The van der Waals surface area contributed by atoms with Crippen molar-refractivity contribution in [3.63, 3.8) is 0 Å². The first-order valence-electron chi connectivity index (χ1n) is 17.8. The summed E-state index contributed by atoms with van der Waals surface area (Å²) >= 11 is 1.83. The molecule has 3 heteroatoms. The molecule has 0 aliphatic rings. The first-order valence-corrected chi connectivity index (χ1v) is 18.6. The molecule has 0 unspecified atom stereocenters. The normalized spacial score (nSPS) is 11.9. The highest BCUT2D eigenvalue weighted by atomic mass is 32.1. The molecule has 0 amide bonds. The molecule has 0 bridgehead atoms. The zero-order valence-electron chi connectivity index (χ0n) is 28.9. The van der Waals surface area contributed by atoms with Crippen molar-refractivity contribution in [3.8, 4) is 33.4 Å². The number of allylic oxidation sites excluding steroid dienone is 1. The maximum absolute atomic E-state index is 9.05. The molecule has 1 N–H and O–H groups in total. The van der Waals surface area contributed by atoms with Crippen molar-refractivity contribution in [1.82, 2.24) is 0 Å². The van der Waals surface area contributed by atoms with E-state index in [4.69, 9.17) is 10.4 Å². The fourth-order valence-corrected chi connectivity index (χ4v) is 8.28. The van der Waals surface area contributed by atoms with E-state index in [0.29, 0.717) is 0 Å². The summed E-state index contributed by atoms with van der Waals surface area (Å²) in [4.78, 5) is 5.00. The molecular formula is C50H34N2S. The predicted molar refractivity (Wildman–Crippen MR) is 228 cm³/mol. The lowest BCUT2D eigenvalue weighted by atomic mass is 9.91. The quantitative estimate of drug-likeness (QED) is 0.127. The van der Waals surface area contributed by atoms with Crippen LogP contribution in [-0.2, 0) is 0 Å². The van der Waals surface area contributed by atoms with Gasteiger partial charge in [-0.15, -0.1) is 11.3 Å². The van der Waals surface area contributed by atoms with Crippen LogP contribution in [0, 0.1) is 5.41 Å². The number of aliphatic imine (C=N–C) groups is 1. The van der Waals surface area contributed by atoms with Gasteiger partial charge in [0.05, 0.1) is 5.71 Å². The Morgan fingerprint density at radius 1 is 0.472 bits per heavy atom. The van der Waals surface area contributed by atoms with Gasteiger partial charge >= 0.3 is 0 Å². The van der Waals surface area contributed by atoms with Crippen LogP contribution in [0.4, 0.5) is 0 Å². The van der Waals surface area contributed by atoms with Crippen LogP contribution < -0.4 is 0 Å². The minimum atomic E-state index is 0.218. The number of fused-ring (bicyclic) bond motifs is 4. The lowest BCUT2D eigenvalue weighted by Gasteiger charge is -2.14. The van der Waals surface area contributed by atoms with Crippen LogP contribution in [0.15, 0.2) is 199 Å². The second kappa shape index (κ2) is 14.1. The van der Waals surface area contributed by atoms with E-state index in [1.165, 1.54) is 47.6 Å². The van der Waals surface area contributed by atoms with E-state index < -0.39 is 0 Å². The summed E-state index contributed by atoms with van der Waals surface area (Å²) in [5, 5.41) is 14.1. The SMILES string of the molecule is N=C(N=C(/C=C/c1ccccc1)c1cc(-c2ccc(-c3cccc4ccccc34)cc2)cc(-c2cccc3sc4ccccc4c23)c1)c1ccccc1. The molecule has 0 aliphatic heterocycles. The van der Waals surface area contributed by atoms with Gasteiger partial charge in [0.25, 0.3) is 0 Å². The molecule has 0 spiro atoms. The van der Waals surface area contributed by atoms with Gasteiger partial charge in [0.15, 0.2) is 5.84 Å². The summed E-state index contributed by atoms with van der Waals surface area (Å²) < 4.78 is 2.54. The average Bonchev–Trinajstić information content (AvgIpc) is 3.62. The lowest BCUT2D eigenvalue weighted by Crippen LogP contribution is -2.04. The average molecular weight is 695 g/mol. The number of benzene rings is 8. The highest BCUT2D eigenvalue weighted by Crippen LogP contribution is 2.41. The van der Waals surface area contributed by atoms with Crippen LogP contribution in [0.2, 0.25) is 0 Å². The summed E-state index contributed by atoms with van der Waals surface area (Å²) in [7, 11) is 0. The van der Waals surface area contributed by atoms with E-state index in [1.54, 1.807) is 0 Å². The molecule has 0 fully saturated rings. The monoisotopic (exact) mass is 694 g/mol. The van der Waals surface area contributed by atoms with E-state index in [1.807, 2.05) is 65.9 Å². The predicted octanol–water partition coefficient (Wildman–Crippen LogP) is 13.7. The Balaban J connectivity index is 1.23. The zero-order valence-corrected chi connectivity index (χ0v) is 29.7. The molecule has 2 nitrogen and oxygen atoms in total. The van der Waals surface area contributed by atoms with Gasteiger partial charge in [-0.3, -0.25) is 5.41 Å². The Hall–Kier alpha value is -6.68. The molecule has 250 valence electrons. The van der Waals surface area contributed by atoms with Crippen LogP contribution in [-0.4, -0.2) is 11.5 Å². The Bertz CT molecular complexity index is 2820. The summed E-state index contributed by atoms with van der Waals surface area (Å²) in [5.41, 5.74) is 10.4. The van der Waals surface area contributed by atoms with Gasteiger partial charge < -0.3 is 0 Å². The number of amidine groups is 1. The van der Waals surface area contributed by atoms with Crippen molar-refractivity contribution in [1.29, 1.82) is 5.41 Å². The topological polar surface area (TPSA) is 36.2 Å². The highest BCUT2D eigenvalue weighted by molar-refractivity contribution is 7.25. The van der Waals surface area contributed by atoms with Gasteiger partial charge in [-0.1, -0.05) is 164 Å². The highest BCUT2D eigenvalue weighted by Gasteiger charge is 2.15. The van der Waals surface area contributed by atoms with E-state index >= 15 is 0 Å². The molecule has 9 aromatic rings. The summed E-state index contributed by atoms with van der Waals surface area (Å²) in [6.45, 7) is 0. The van der Waals surface area contributed by atoms with Gasteiger partial charge in [0, 0.05) is 31.3 Å². The van der Waals surface area contributed by atoms with Gasteiger partial charge in [0.2, 0.25) is 0 Å². The molecule has 0 radical (unpaired) electrons. The molecule has 1 aromatic heterocycles. The number of nitrogens with one attached hydrogen (secondary N) is 1. The number of hydrogen-bond donors (Lipinski definition) is 1. The molecule has 0 saturated carbocycles. The molecular weight excluding hydrogens is 661 g/mol. The lowest BCUT2D eigenvalue weighted by molar-refractivity contribution is 1.41. The molecule has 0 saturated heterocycles. The van der Waals surface area contributed by atoms with Crippen molar-refractivity contribution in [2.45, 2.75) is 0 Å². The zero-order chi connectivity index (χ0) is 35.6.